The molecule has 0 radical (unpaired) electrons. The van der Waals surface area contributed by atoms with Gasteiger partial charge in [-0.25, -0.2) is 12.8 Å². The first-order valence-corrected chi connectivity index (χ1v) is 9.73. The first-order chi connectivity index (χ1) is 13.9. The predicted octanol–water partition coefficient (Wildman–Crippen LogP) is 2.10. The molecule has 0 fully saturated rings. The van der Waals surface area contributed by atoms with Crippen molar-refractivity contribution in [3.63, 3.8) is 0 Å². The van der Waals surface area contributed by atoms with E-state index < -0.39 is 27.7 Å². The lowest BCUT2D eigenvalue weighted by atomic mass is 10.2. The van der Waals surface area contributed by atoms with Gasteiger partial charge in [-0.15, -0.1) is 0 Å². The maximum atomic E-state index is 13.7. The lowest BCUT2D eigenvalue weighted by molar-refractivity contribution is 0.0846. The topological polar surface area (TPSA) is 117 Å². The fourth-order valence-corrected chi connectivity index (χ4v) is 3.43. The fourth-order valence-electron chi connectivity index (χ4n) is 2.31. The number of para-hydroxylation sites is 1. The molecule has 29 heavy (non-hydrogen) atoms. The molecule has 0 aliphatic rings. The molecule has 1 aromatic heterocycles. The molecule has 0 saturated carbocycles. The molecule has 1 heterocycles. The van der Waals surface area contributed by atoms with Crippen LogP contribution in [0.1, 0.15) is 20.7 Å². The number of hydrazine groups is 1. The second kappa shape index (κ2) is 8.48. The van der Waals surface area contributed by atoms with Crippen LogP contribution < -0.4 is 15.6 Å². The summed E-state index contributed by atoms with van der Waals surface area (Å²) < 4.78 is 40.8. The van der Waals surface area contributed by atoms with Gasteiger partial charge in [-0.3, -0.25) is 30.1 Å². The normalized spacial score (nSPS) is 10.8. The standard InChI is InChI=1S/C19H15FN4O4S/c20-16-6-1-2-7-17(16)24-29(27,28)15-5-3-4-14(12-15)19(26)23-22-18(25)13-8-10-21-11-9-13/h1-12,24H,(H,22,25)(H,23,26). The van der Waals surface area contributed by atoms with Crippen molar-refractivity contribution in [3.8, 4) is 0 Å². The molecule has 2 amide bonds. The van der Waals surface area contributed by atoms with Crippen LogP contribution >= 0.6 is 0 Å². The van der Waals surface area contributed by atoms with Gasteiger partial charge in [-0.1, -0.05) is 18.2 Å². The number of halogens is 1. The van der Waals surface area contributed by atoms with Gasteiger partial charge in [0, 0.05) is 23.5 Å². The van der Waals surface area contributed by atoms with Gasteiger partial charge in [0.05, 0.1) is 10.6 Å². The van der Waals surface area contributed by atoms with Crippen molar-refractivity contribution in [2.24, 2.45) is 0 Å². The molecule has 0 saturated heterocycles. The molecule has 2 aromatic carbocycles. The molecule has 0 atom stereocenters. The predicted molar refractivity (Wildman–Crippen MR) is 103 cm³/mol. The van der Waals surface area contributed by atoms with Crippen LogP contribution in [0.2, 0.25) is 0 Å². The first-order valence-electron chi connectivity index (χ1n) is 8.25. The highest BCUT2D eigenvalue weighted by molar-refractivity contribution is 7.92. The quantitative estimate of drug-likeness (QED) is 0.553. The highest BCUT2D eigenvalue weighted by Crippen LogP contribution is 2.19. The molecule has 3 rings (SSSR count). The van der Waals surface area contributed by atoms with Gasteiger partial charge in [0.2, 0.25) is 0 Å². The van der Waals surface area contributed by atoms with E-state index in [1.54, 1.807) is 0 Å². The van der Waals surface area contributed by atoms with E-state index >= 15 is 0 Å². The van der Waals surface area contributed by atoms with Crippen LogP contribution in [0, 0.1) is 5.82 Å². The van der Waals surface area contributed by atoms with E-state index in [1.165, 1.54) is 60.9 Å². The van der Waals surface area contributed by atoms with Crippen LogP contribution in [0.3, 0.4) is 0 Å². The molecule has 10 heteroatoms. The van der Waals surface area contributed by atoms with E-state index in [0.717, 1.165) is 12.1 Å². The van der Waals surface area contributed by atoms with Gasteiger partial charge in [-0.2, -0.15) is 0 Å². The van der Waals surface area contributed by atoms with Crippen LogP contribution in [0.4, 0.5) is 10.1 Å². The Morgan fingerprint density at radius 2 is 1.48 bits per heavy atom. The van der Waals surface area contributed by atoms with Gasteiger partial charge in [0.15, 0.2) is 0 Å². The summed E-state index contributed by atoms with van der Waals surface area (Å²) in [5.74, 6) is -2.02. The number of rotatable bonds is 5. The average Bonchev–Trinajstić information content (AvgIpc) is 2.74. The molecular formula is C19H15FN4O4S. The molecule has 3 N–H and O–H groups in total. The monoisotopic (exact) mass is 414 g/mol. The highest BCUT2D eigenvalue weighted by Gasteiger charge is 2.18. The van der Waals surface area contributed by atoms with Crippen molar-refractivity contribution in [2.75, 3.05) is 4.72 Å². The summed E-state index contributed by atoms with van der Waals surface area (Å²) in [5, 5.41) is 0. The van der Waals surface area contributed by atoms with Crippen LogP contribution in [-0.2, 0) is 10.0 Å². The Bertz CT molecular complexity index is 1150. The van der Waals surface area contributed by atoms with Crippen LogP contribution in [-0.4, -0.2) is 25.2 Å². The number of aromatic nitrogens is 1. The number of hydrogen-bond donors (Lipinski definition) is 3. The summed E-state index contributed by atoms with van der Waals surface area (Å²) in [7, 11) is -4.13. The van der Waals surface area contributed by atoms with E-state index in [9.17, 15) is 22.4 Å². The summed E-state index contributed by atoms with van der Waals surface area (Å²) in [6.45, 7) is 0. The third-order valence-electron chi connectivity index (χ3n) is 3.76. The number of carbonyl (C=O) groups excluding carboxylic acids is 2. The summed E-state index contributed by atoms with van der Waals surface area (Å²) in [5.41, 5.74) is 4.47. The smallest absolute Gasteiger partial charge is 0.269 e. The average molecular weight is 414 g/mol. The third kappa shape index (κ3) is 4.93. The maximum Gasteiger partial charge on any atom is 0.269 e. The second-order valence-electron chi connectivity index (χ2n) is 5.76. The highest BCUT2D eigenvalue weighted by atomic mass is 32.2. The van der Waals surface area contributed by atoms with Crippen molar-refractivity contribution in [3.05, 3.63) is 90.0 Å². The molecule has 0 aliphatic carbocycles. The zero-order valence-corrected chi connectivity index (χ0v) is 15.6. The summed E-state index contributed by atoms with van der Waals surface area (Å²) >= 11 is 0. The van der Waals surface area contributed by atoms with E-state index in [-0.39, 0.29) is 21.7 Å². The summed E-state index contributed by atoms with van der Waals surface area (Å²) in [6.07, 6.45) is 2.85. The second-order valence-corrected chi connectivity index (χ2v) is 7.44. The first kappa shape index (κ1) is 20.0. The molecule has 3 aromatic rings. The van der Waals surface area contributed by atoms with Crippen molar-refractivity contribution in [1.82, 2.24) is 15.8 Å². The van der Waals surface area contributed by atoms with Gasteiger partial charge in [0.1, 0.15) is 5.82 Å². The van der Waals surface area contributed by atoms with E-state index in [1.807, 2.05) is 0 Å². The van der Waals surface area contributed by atoms with E-state index in [0.29, 0.717) is 0 Å². The molecular weight excluding hydrogens is 399 g/mol. The Labute approximate surface area is 165 Å². The lowest BCUT2D eigenvalue weighted by Crippen LogP contribution is -2.41. The van der Waals surface area contributed by atoms with Crippen LogP contribution in [0.25, 0.3) is 0 Å². The Kier molecular flexibility index (Phi) is 5.84. The van der Waals surface area contributed by atoms with Crippen LogP contribution in [0.5, 0.6) is 0 Å². The minimum atomic E-state index is -4.13. The minimum absolute atomic E-state index is 0.0172. The van der Waals surface area contributed by atoms with Crippen molar-refractivity contribution >= 4 is 27.5 Å². The molecule has 148 valence electrons. The lowest BCUT2D eigenvalue weighted by Gasteiger charge is -2.11. The van der Waals surface area contributed by atoms with Gasteiger partial charge in [0.25, 0.3) is 21.8 Å². The molecule has 0 aliphatic heterocycles. The molecule has 0 bridgehead atoms. The largest absolute Gasteiger partial charge is 0.277 e. The number of benzene rings is 2. The molecule has 0 spiro atoms. The summed E-state index contributed by atoms with van der Waals surface area (Å²) in [4.78, 5) is 27.7. The minimum Gasteiger partial charge on any atom is -0.277 e. The number of nitrogens with one attached hydrogen (secondary N) is 3. The zero-order valence-electron chi connectivity index (χ0n) is 14.8. The Hall–Kier alpha value is -3.79. The maximum absolute atomic E-state index is 13.7. The Balaban J connectivity index is 1.72. The third-order valence-corrected chi connectivity index (χ3v) is 5.12. The van der Waals surface area contributed by atoms with E-state index in [2.05, 4.69) is 20.6 Å². The number of anilines is 1. The Morgan fingerprint density at radius 1 is 0.828 bits per heavy atom. The summed E-state index contributed by atoms with van der Waals surface area (Å²) in [6, 6.07) is 13.3. The fraction of sp³-hybridized carbons (Fsp3) is 0. The SMILES string of the molecule is O=C(NNC(=O)c1cccc(S(=O)(=O)Nc2ccccc2F)c1)c1ccncc1. The number of amides is 2. The van der Waals surface area contributed by atoms with Gasteiger partial charge < -0.3 is 0 Å². The number of sulfonamides is 1. The number of hydrogen-bond acceptors (Lipinski definition) is 5. The van der Waals surface area contributed by atoms with Crippen molar-refractivity contribution in [2.45, 2.75) is 4.90 Å². The zero-order chi connectivity index (χ0) is 20.9. The Morgan fingerprint density at radius 3 is 2.17 bits per heavy atom. The van der Waals surface area contributed by atoms with Gasteiger partial charge in [-0.05, 0) is 42.5 Å². The number of nitrogens with zero attached hydrogens (tertiary/aromatic N) is 1. The molecule has 0 unspecified atom stereocenters. The van der Waals surface area contributed by atoms with Crippen molar-refractivity contribution < 1.29 is 22.4 Å². The van der Waals surface area contributed by atoms with Crippen molar-refractivity contribution in [1.29, 1.82) is 0 Å². The molecule has 8 nitrogen and oxygen atoms in total. The van der Waals surface area contributed by atoms with Gasteiger partial charge >= 0.3 is 0 Å². The van der Waals surface area contributed by atoms with E-state index in [4.69, 9.17) is 0 Å². The number of pyridine rings is 1. The number of carbonyl (C=O) groups is 2. The van der Waals surface area contributed by atoms with Crippen LogP contribution in [0.15, 0.2) is 78.0 Å².